The molecule has 2 aromatic carbocycles. The molecule has 0 spiro atoms. The summed E-state index contributed by atoms with van der Waals surface area (Å²) in [7, 11) is 0. The quantitative estimate of drug-likeness (QED) is 0.387. The van der Waals surface area contributed by atoms with Crippen molar-refractivity contribution in [3.63, 3.8) is 0 Å². The first-order valence-corrected chi connectivity index (χ1v) is 6.43. The van der Waals surface area contributed by atoms with Crippen LogP contribution in [0.5, 0.6) is 0 Å². The van der Waals surface area contributed by atoms with E-state index in [1.807, 2.05) is 36.4 Å². The molecule has 3 heteroatoms. The van der Waals surface area contributed by atoms with Crippen LogP contribution < -0.4 is 5.63 Å². The predicted molar refractivity (Wildman–Crippen MR) is 72.6 cm³/mol. The van der Waals surface area contributed by atoms with E-state index < -0.39 is 0 Å². The first-order valence-electron chi connectivity index (χ1n) is 5.30. The summed E-state index contributed by atoms with van der Waals surface area (Å²) in [5, 5.41) is 3.23. The fourth-order valence-corrected chi connectivity index (χ4v) is 2.51. The predicted octanol–water partition coefficient (Wildman–Crippen LogP) is 3.84. The van der Waals surface area contributed by atoms with E-state index in [4.69, 9.17) is 4.42 Å². The molecular formula is C14H9BrO2. The van der Waals surface area contributed by atoms with Gasteiger partial charge in [-0.3, -0.25) is 0 Å². The molecular weight excluding hydrogens is 280 g/mol. The summed E-state index contributed by atoms with van der Waals surface area (Å²) in [5.74, 6) is 0. The smallest absolute Gasteiger partial charge is 0.344 e. The SMILES string of the molecule is O=c1oc2c(CBr)cccc2c2ccccc12. The Kier molecular flexibility index (Phi) is 2.48. The molecule has 84 valence electrons. The molecule has 0 atom stereocenters. The van der Waals surface area contributed by atoms with Crippen LogP contribution in [0.25, 0.3) is 21.7 Å². The van der Waals surface area contributed by atoms with Crippen molar-refractivity contribution in [3.8, 4) is 0 Å². The molecule has 3 rings (SSSR count). The Morgan fingerprint density at radius 2 is 1.65 bits per heavy atom. The summed E-state index contributed by atoms with van der Waals surface area (Å²) >= 11 is 3.41. The molecule has 0 aliphatic heterocycles. The summed E-state index contributed by atoms with van der Waals surface area (Å²) in [6.07, 6.45) is 0. The summed E-state index contributed by atoms with van der Waals surface area (Å²) < 4.78 is 5.41. The van der Waals surface area contributed by atoms with Crippen molar-refractivity contribution in [1.29, 1.82) is 0 Å². The standard InChI is InChI=1S/C14H9BrO2/c15-8-9-4-3-7-11-10-5-1-2-6-12(10)14(16)17-13(9)11/h1-7H,8H2. The molecule has 0 bridgehead atoms. The van der Waals surface area contributed by atoms with Gasteiger partial charge in [-0.2, -0.15) is 0 Å². The highest BCUT2D eigenvalue weighted by molar-refractivity contribution is 9.08. The average Bonchev–Trinajstić information content (AvgIpc) is 2.39. The van der Waals surface area contributed by atoms with Crippen LogP contribution in [0.4, 0.5) is 0 Å². The highest BCUT2D eigenvalue weighted by atomic mass is 79.9. The Balaban J connectivity index is 2.62. The fraction of sp³-hybridized carbons (Fsp3) is 0.0714. The van der Waals surface area contributed by atoms with Crippen molar-refractivity contribution in [3.05, 3.63) is 58.4 Å². The summed E-state index contributed by atoms with van der Waals surface area (Å²) in [4.78, 5) is 11.9. The Labute approximate surface area is 106 Å². The first kappa shape index (κ1) is 10.5. The van der Waals surface area contributed by atoms with Gasteiger partial charge in [0.1, 0.15) is 5.58 Å². The Morgan fingerprint density at radius 1 is 0.941 bits per heavy atom. The number of hydrogen-bond donors (Lipinski definition) is 0. The summed E-state index contributed by atoms with van der Waals surface area (Å²) in [5.41, 5.74) is 1.39. The Bertz CT molecular complexity index is 759. The fourth-order valence-electron chi connectivity index (χ4n) is 2.07. The van der Waals surface area contributed by atoms with Crippen LogP contribution in [0.3, 0.4) is 0 Å². The monoisotopic (exact) mass is 288 g/mol. The number of para-hydroxylation sites is 1. The normalized spacial score (nSPS) is 11.1. The number of fused-ring (bicyclic) bond motifs is 3. The summed E-state index contributed by atoms with van der Waals surface area (Å²) in [6.45, 7) is 0. The van der Waals surface area contributed by atoms with Crippen LogP contribution in [0.2, 0.25) is 0 Å². The third-order valence-corrected chi connectivity index (χ3v) is 3.48. The molecule has 1 aromatic heterocycles. The molecule has 0 radical (unpaired) electrons. The van der Waals surface area contributed by atoms with Crippen molar-refractivity contribution in [2.45, 2.75) is 5.33 Å². The van der Waals surface area contributed by atoms with Gasteiger partial charge in [0.2, 0.25) is 0 Å². The second-order valence-electron chi connectivity index (χ2n) is 3.86. The van der Waals surface area contributed by atoms with Crippen LogP contribution in [0.15, 0.2) is 51.7 Å². The van der Waals surface area contributed by atoms with Gasteiger partial charge in [0.25, 0.3) is 0 Å². The lowest BCUT2D eigenvalue weighted by atomic mass is 10.1. The zero-order valence-electron chi connectivity index (χ0n) is 8.94. The van der Waals surface area contributed by atoms with Gasteiger partial charge >= 0.3 is 5.63 Å². The molecule has 0 fully saturated rings. The molecule has 0 N–H and O–H groups in total. The van der Waals surface area contributed by atoms with Gasteiger partial charge in [-0.1, -0.05) is 52.3 Å². The van der Waals surface area contributed by atoms with Gasteiger partial charge < -0.3 is 4.42 Å². The molecule has 0 amide bonds. The third-order valence-electron chi connectivity index (χ3n) is 2.87. The number of halogens is 1. The van der Waals surface area contributed by atoms with Crippen molar-refractivity contribution in [1.82, 2.24) is 0 Å². The van der Waals surface area contributed by atoms with Crippen molar-refractivity contribution < 1.29 is 4.42 Å². The zero-order chi connectivity index (χ0) is 11.8. The minimum absolute atomic E-state index is 0.276. The summed E-state index contributed by atoms with van der Waals surface area (Å²) in [6, 6.07) is 13.4. The lowest BCUT2D eigenvalue weighted by Gasteiger charge is -2.04. The maximum absolute atomic E-state index is 11.9. The van der Waals surface area contributed by atoms with Crippen molar-refractivity contribution in [2.24, 2.45) is 0 Å². The van der Waals surface area contributed by atoms with Crippen LogP contribution in [0.1, 0.15) is 5.56 Å². The zero-order valence-corrected chi connectivity index (χ0v) is 10.5. The van der Waals surface area contributed by atoms with Gasteiger partial charge in [-0.15, -0.1) is 0 Å². The second kappa shape index (κ2) is 4.00. The van der Waals surface area contributed by atoms with Gasteiger partial charge in [-0.25, -0.2) is 4.79 Å². The third kappa shape index (κ3) is 1.58. The average molecular weight is 289 g/mol. The number of hydrogen-bond acceptors (Lipinski definition) is 2. The first-order chi connectivity index (χ1) is 8.31. The highest BCUT2D eigenvalue weighted by Crippen LogP contribution is 2.26. The van der Waals surface area contributed by atoms with E-state index in [1.54, 1.807) is 6.07 Å². The largest absolute Gasteiger partial charge is 0.422 e. The minimum atomic E-state index is -0.276. The van der Waals surface area contributed by atoms with E-state index in [-0.39, 0.29) is 5.63 Å². The van der Waals surface area contributed by atoms with Crippen LogP contribution in [-0.2, 0) is 5.33 Å². The number of rotatable bonds is 1. The molecule has 0 unspecified atom stereocenters. The minimum Gasteiger partial charge on any atom is -0.422 e. The van der Waals surface area contributed by atoms with Gasteiger partial charge in [0.15, 0.2) is 0 Å². The molecule has 17 heavy (non-hydrogen) atoms. The topological polar surface area (TPSA) is 30.2 Å². The van der Waals surface area contributed by atoms with E-state index in [9.17, 15) is 4.79 Å². The van der Waals surface area contributed by atoms with Crippen molar-refractivity contribution >= 4 is 37.7 Å². The molecule has 0 saturated heterocycles. The van der Waals surface area contributed by atoms with E-state index in [1.165, 1.54) is 0 Å². The van der Waals surface area contributed by atoms with Gasteiger partial charge in [-0.05, 0) is 11.5 Å². The lowest BCUT2D eigenvalue weighted by Crippen LogP contribution is -2.00. The number of alkyl halides is 1. The van der Waals surface area contributed by atoms with E-state index in [0.29, 0.717) is 16.3 Å². The molecule has 0 aliphatic rings. The van der Waals surface area contributed by atoms with Crippen molar-refractivity contribution in [2.75, 3.05) is 0 Å². The molecule has 0 aliphatic carbocycles. The maximum atomic E-state index is 11.9. The lowest BCUT2D eigenvalue weighted by molar-refractivity contribution is 0.567. The molecule has 3 aromatic rings. The molecule has 0 saturated carbocycles. The van der Waals surface area contributed by atoms with Crippen LogP contribution >= 0.6 is 15.9 Å². The van der Waals surface area contributed by atoms with E-state index >= 15 is 0 Å². The van der Waals surface area contributed by atoms with E-state index in [0.717, 1.165) is 16.3 Å². The van der Waals surface area contributed by atoms with Gasteiger partial charge in [0.05, 0.1) is 5.39 Å². The number of benzene rings is 2. The second-order valence-corrected chi connectivity index (χ2v) is 4.42. The Morgan fingerprint density at radius 3 is 2.41 bits per heavy atom. The Hall–Kier alpha value is -1.61. The molecule has 2 nitrogen and oxygen atoms in total. The van der Waals surface area contributed by atoms with Crippen LogP contribution in [0, 0.1) is 0 Å². The van der Waals surface area contributed by atoms with E-state index in [2.05, 4.69) is 15.9 Å². The van der Waals surface area contributed by atoms with Gasteiger partial charge in [0, 0.05) is 16.3 Å². The highest BCUT2D eigenvalue weighted by Gasteiger charge is 2.08. The van der Waals surface area contributed by atoms with Crippen LogP contribution in [-0.4, -0.2) is 0 Å². The maximum Gasteiger partial charge on any atom is 0.344 e. The molecule has 1 heterocycles.